The van der Waals surface area contributed by atoms with Gasteiger partial charge in [0.2, 0.25) is 0 Å². The fourth-order valence-corrected chi connectivity index (χ4v) is 2.51. The number of piperazine rings is 1. The van der Waals surface area contributed by atoms with Crippen LogP contribution >= 0.6 is 0 Å². The highest BCUT2D eigenvalue weighted by atomic mass is 16.5. The number of ether oxygens (including phenoxy) is 1. The van der Waals surface area contributed by atoms with Gasteiger partial charge in [-0.15, -0.1) is 0 Å². The molecule has 0 bridgehead atoms. The number of carbonyl (C=O) groups excluding carboxylic acids is 1. The Balaban J connectivity index is 1.85. The first-order chi connectivity index (χ1) is 7.66. The smallest absolute Gasteiger partial charge is 0.307 e. The first-order valence-corrected chi connectivity index (χ1v) is 6.25. The van der Waals surface area contributed by atoms with Crippen LogP contribution < -0.4 is 0 Å². The maximum Gasteiger partial charge on any atom is 0.307 e. The van der Waals surface area contributed by atoms with Crippen molar-refractivity contribution in [1.82, 2.24) is 9.80 Å². The zero-order chi connectivity index (χ0) is 11.6. The van der Waals surface area contributed by atoms with E-state index in [1.165, 1.54) is 0 Å². The van der Waals surface area contributed by atoms with Gasteiger partial charge in [0.05, 0.1) is 13.0 Å². The van der Waals surface area contributed by atoms with Gasteiger partial charge >= 0.3 is 5.97 Å². The summed E-state index contributed by atoms with van der Waals surface area (Å²) in [5.41, 5.74) is 0.160. The van der Waals surface area contributed by atoms with Gasteiger partial charge in [0.25, 0.3) is 0 Å². The molecule has 0 unspecified atom stereocenters. The molecule has 92 valence electrons. The van der Waals surface area contributed by atoms with Crippen molar-refractivity contribution in [2.45, 2.75) is 31.7 Å². The average molecular weight is 226 g/mol. The van der Waals surface area contributed by atoms with Crippen molar-refractivity contribution in [2.75, 3.05) is 39.8 Å². The van der Waals surface area contributed by atoms with Gasteiger partial charge in [0.1, 0.15) is 0 Å². The van der Waals surface area contributed by atoms with Crippen LogP contribution in [0.15, 0.2) is 0 Å². The van der Waals surface area contributed by atoms with Crippen LogP contribution in [-0.2, 0) is 9.53 Å². The van der Waals surface area contributed by atoms with Crippen LogP contribution in [0.5, 0.6) is 0 Å². The van der Waals surface area contributed by atoms with E-state index in [1.54, 1.807) is 0 Å². The molecule has 1 saturated heterocycles. The van der Waals surface area contributed by atoms with Crippen molar-refractivity contribution in [2.24, 2.45) is 0 Å². The average Bonchev–Trinajstić information content (AvgIpc) is 3.00. The summed E-state index contributed by atoms with van der Waals surface area (Å²) in [5.74, 6) is -0.0288. The molecule has 4 nitrogen and oxygen atoms in total. The van der Waals surface area contributed by atoms with E-state index in [4.69, 9.17) is 4.74 Å². The summed E-state index contributed by atoms with van der Waals surface area (Å²) in [6.45, 7) is 6.78. The van der Waals surface area contributed by atoms with Gasteiger partial charge < -0.3 is 9.64 Å². The summed E-state index contributed by atoms with van der Waals surface area (Å²) >= 11 is 0. The van der Waals surface area contributed by atoms with Crippen molar-refractivity contribution < 1.29 is 9.53 Å². The first-order valence-electron chi connectivity index (χ1n) is 6.25. The minimum Gasteiger partial charge on any atom is -0.466 e. The Hall–Kier alpha value is -0.610. The van der Waals surface area contributed by atoms with Crippen molar-refractivity contribution in [3.63, 3.8) is 0 Å². The number of likely N-dealkylation sites (N-methyl/N-ethyl adjacent to an activating group) is 1. The number of carbonyl (C=O) groups is 1. The van der Waals surface area contributed by atoms with E-state index in [-0.39, 0.29) is 11.5 Å². The molecule has 0 atom stereocenters. The minimum absolute atomic E-state index is 0.0288. The quantitative estimate of drug-likeness (QED) is 0.661. The predicted octanol–water partition coefficient (Wildman–Crippen LogP) is 0.720. The van der Waals surface area contributed by atoms with E-state index < -0.39 is 0 Å². The molecular weight excluding hydrogens is 204 g/mol. The van der Waals surface area contributed by atoms with Crippen LogP contribution in [-0.4, -0.2) is 61.1 Å². The van der Waals surface area contributed by atoms with Gasteiger partial charge in [-0.25, -0.2) is 0 Å². The topological polar surface area (TPSA) is 32.8 Å². The molecule has 2 aliphatic rings. The molecule has 0 aromatic heterocycles. The van der Waals surface area contributed by atoms with Crippen molar-refractivity contribution in [3.05, 3.63) is 0 Å². The van der Waals surface area contributed by atoms with Crippen LogP contribution in [0.4, 0.5) is 0 Å². The summed E-state index contributed by atoms with van der Waals surface area (Å²) in [6, 6.07) is 0. The van der Waals surface area contributed by atoms with Crippen LogP contribution in [0.3, 0.4) is 0 Å². The lowest BCUT2D eigenvalue weighted by molar-refractivity contribution is -0.145. The Bertz CT molecular complexity index is 256. The monoisotopic (exact) mass is 226 g/mol. The zero-order valence-electron chi connectivity index (χ0n) is 10.4. The van der Waals surface area contributed by atoms with Crippen LogP contribution in [0, 0.1) is 0 Å². The lowest BCUT2D eigenvalue weighted by Gasteiger charge is -2.38. The Labute approximate surface area is 97.5 Å². The largest absolute Gasteiger partial charge is 0.466 e. The normalized spacial score (nSPS) is 25.4. The molecule has 1 heterocycles. The van der Waals surface area contributed by atoms with E-state index in [1.807, 2.05) is 6.92 Å². The summed E-state index contributed by atoms with van der Waals surface area (Å²) in [6.07, 6.45) is 2.91. The summed E-state index contributed by atoms with van der Waals surface area (Å²) in [7, 11) is 2.16. The maximum atomic E-state index is 11.5. The van der Waals surface area contributed by atoms with Crippen LogP contribution in [0.2, 0.25) is 0 Å². The summed E-state index contributed by atoms with van der Waals surface area (Å²) in [5, 5.41) is 0. The van der Waals surface area contributed by atoms with Gasteiger partial charge in [-0.3, -0.25) is 9.69 Å². The van der Waals surface area contributed by atoms with Crippen molar-refractivity contribution >= 4 is 5.97 Å². The molecular formula is C12H22N2O2. The minimum atomic E-state index is -0.0288. The van der Waals surface area contributed by atoms with Gasteiger partial charge in [0, 0.05) is 31.7 Å². The van der Waals surface area contributed by atoms with Crippen LogP contribution in [0.1, 0.15) is 26.2 Å². The number of esters is 1. The standard InChI is InChI=1S/C12H22N2O2/c1-3-16-11(15)10-12(4-5-12)14-8-6-13(2)7-9-14/h3-10H2,1-2H3. The van der Waals surface area contributed by atoms with Crippen molar-refractivity contribution in [3.8, 4) is 0 Å². The molecule has 0 aromatic rings. The number of hydrogen-bond donors (Lipinski definition) is 0. The lowest BCUT2D eigenvalue weighted by atomic mass is 10.1. The van der Waals surface area contributed by atoms with E-state index >= 15 is 0 Å². The molecule has 0 N–H and O–H groups in total. The first kappa shape index (κ1) is 11.9. The van der Waals surface area contributed by atoms with Gasteiger partial charge in [-0.05, 0) is 26.8 Å². The van der Waals surface area contributed by atoms with Gasteiger partial charge in [-0.1, -0.05) is 0 Å². The lowest BCUT2D eigenvalue weighted by Crippen LogP contribution is -2.50. The Morgan fingerprint density at radius 3 is 2.38 bits per heavy atom. The van der Waals surface area contributed by atoms with E-state index in [0.29, 0.717) is 13.0 Å². The fraction of sp³-hybridized carbons (Fsp3) is 0.917. The van der Waals surface area contributed by atoms with Gasteiger partial charge in [-0.2, -0.15) is 0 Å². The second-order valence-corrected chi connectivity index (χ2v) is 5.00. The van der Waals surface area contributed by atoms with Gasteiger partial charge in [0.15, 0.2) is 0 Å². The molecule has 16 heavy (non-hydrogen) atoms. The van der Waals surface area contributed by atoms with E-state index in [9.17, 15) is 4.79 Å². The SMILES string of the molecule is CCOC(=O)CC1(N2CCN(C)CC2)CC1. The second-order valence-electron chi connectivity index (χ2n) is 5.00. The molecule has 0 amide bonds. The van der Waals surface area contributed by atoms with Crippen molar-refractivity contribution in [1.29, 1.82) is 0 Å². The third-order valence-corrected chi connectivity index (χ3v) is 3.78. The molecule has 0 spiro atoms. The predicted molar refractivity (Wildman–Crippen MR) is 62.3 cm³/mol. The molecule has 1 aliphatic carbocycles. The highest BCUT2D eigenvalue weighted by Gasteiger charge is 2.49. The summed E-state index contributed by atoms with van der Waals surface area (Å²) in [4.78, 5) is 16.4. The highest BCUT2D eigenvalue weighted by Crippen LogP contribution is 2.45. The molecule has 2 fully saturated rings. The number of hydrogen-bond acceptors (Lipinski definition) is 4. The molecule has 1 aliphatic heterocycles. The molecule has 4 heteroatoms. The third kappa shape index (κ3) is 2.55. The molecule has 0 radical (unpaired) electrons. The van der Waals surface area contributed by atoms with E-state index in [0.717, 1.165) is 39.0 Å². The summed E-state index contributed by atoms with van der Waals surface area (Å²) < 4.78 is 5.05. The molecule has 1 saturated carbocycles. The highest BCUT2D eigenvalue weighted by molar-refractivity contribution is 5.71. The Kier molecular flexibility index (Phi) is 3.50. The maximum absolute atomic E-state index is 11.5. The number of nitrogens with zero attached hydrogens (tertiary/aromatic N) is 2. The fourth-order valence-electron chi connectivity index (χ4n) is 2.51. The Morgan fingerprint density at radius 1 is 1.25 bits per heavy atom. The third-order valence-electron chi connectivity index (χ3n) is 3.78. The number of rotatable bonds is 4. The molecule has 2 rings (SSSR count). The Morgan fingerprint density at radius 2 is 1.88 bits per heavy atom. The zero-order valence-corrected chi connectivity index (χ0v) is 10.4. The second kappa shape index (κ2) is 4.72. The molecule has 0 aromatic carbocycles. The van der Waals surface area contributed by atoms with Crippen LogP contribution in [0.25, 0.3) is 0 Å². The van der Waals surface area contributed by atoms with E-state index in [2.05, 4.69) is 16.8 Å².